The van der Waals surface area contributed by atoms with E-state index in [0.717, 1.165) is 17.1 Å². The molecule has 59 heavy (non-hydrogen) atoms. The van der Waals surface area contributed by atoms with E-state index < -0.39 is 5.41 Å². The highest BCUT2D eigenvalue weighted by Gasteiger charge is 2.51. The van der Waals surface area contributed by atoms with Crippen molar-refractivity contribution in [3.63, 3.8) is 0 Å². The van der Waals surface area contributed by atoms with Crippen LogP contribution in [0.3, 0.4) is 0 Å². The van der Waals surface area contributed by atoms with Crippen LogP contribution in [-0.2, 0) is 12.0 Å². The van der Waals surface area contributed by atoms with Crippen molar-refractivity contribution in [2.45, 2.75) is 12.0 Å². The number of fused-ring (bicyclic) bond motifs is 9. The van der Waals surface area contributed by atoms with Crippen molar-refractivity contribution in [1.82, 2.24) is 0 Å². The molecule has 0 bridgehead atoms. The van der Waals surface area contributed by atoms with Gasteiger partial charge in [-0.3, -0.25) is 4.99 Å². The van der Waals surface area contributed by atoms with Gasteiger partial charge >= 0.3 is 0 Å². The van der Waals surface area contributed by atoms with Crippen molar-refractivity contribution in [3.8, 4) is 67.1 Å². The summed E-state index contributed by atoms with van der Waals surface area (Å²) in [5, 5.41) is 0. The molecule has 2 nitrogen and oxygen atoms in total. The van der Waals surface area contributed by atoms with E-state index >= 15 is 0 Å². The van der Waals surface area contributed by atoms with Crippen LogP contribution in [0.15, 0.2) is 223 Å². The predicted octanol–water partition coefficient (Wildman–Crippen LogP) is 14.4. The van der Waals surface area contributed by atoms with Crippen molar-refractivity contribution in [1.29, 1.82) is 0 Å². The summed E-state index contributed by atoms with van der Waals surface area (Å²) >= 11 is 0. The number of ether oxygens (including phenoxy) is 1. The van der Waals surface area contributed by atoms with Crippen LogP contribution in [0.5, 0.6) is 11.5 Å². The zero-order chi connectivity index (χ0) is 39.2. The first kappa shape index (κ1) is 34.7. The Morgan fingerprint density at radius 3 is 1.49 bits per heavy atom. The van der Waals surface area contributed by atoms with E-state index in [1.54, 1.807) is 0 Å². The van der Waals surface area contributed by atoms with Crippen LogP contribution < -0.4 is 4.74 Å². The predicted molar refractivity (Wildman–Crippen MR) is 243 cm³/mol. The minimum absolute atomic E-state index is 0.493. The molecular formula is C57H39NO. The lowest BCUT2D eigenvalue weighted by Gasteiger charge is -2.39. The number of nitrogens with zero attached hydrogens (tertiary/aromatic N) is 1. The van der Waals surface area contributed by atoms with Crippen LogP contribution >= 0.6 is 0 Å². The number of para-hydroxylation sites is 2. The topological polar surface area (TPSA) is 21.6 Å². The summed E-state index contributed by atoms with van der Waals surface area (Å²) < 4.78 is 6.56. The Labute approximate surface area is 345 Å². The summed E-state index contributed by atoms with van der Waals surface area (Å²) in [6.07, 6.45) is 1.97. The highest BCUT2D eigenvalue weighted by molar-refractivity contribution is 5.91. The highest BCUT2D eigenvalue weighted by Crippen LogP contribution is 2.62. The van der Waals surface area contributed by atoms with Gasteiger partial charge in [0.15, 0.2) is 0 Å². The zero-order valence-electron chi connectivity index (χ0n) is 32.4. The first-order valence-corrected chi connectivity index (χ1v) is 20.3. The molecule has 2 aliphatic rings. The summed E-state index contributed by atoms with van der Waals surface area (Å²) in [6, 6.07) is 78.7. The maximum absolute atomic E-state index is 6.56. The van der Waals surface area contributed by atoms with E-state index in [1.165, 1.54) is 83.5 Å². The van der Waals surface area contributed by atoms with Gasteiger partial charge in [-0.25, -0.2) is 0 Å². The summed E-state index contributed by atoms with van der Waals surface area (Å²) in [4.78, 5) is 4.81. The van der Waals surface area contributed by atoms with Crippen LogP contribution in [-0.4, -0.2) is 6.21 Å². The summed E-state index contributed by atoms with van der Waals surface area (Å²) in [6.45, 7) is 0.618. The molecule has 1 heterocycles. The van der Waals surface area contributed by atoms with Gasteiger partial charge in [0, 0.05) is 17.3 Å². The third kappa shape index (κ3) is 6.00. The van der Waals surface area contributed by atoms with Gasteiger partial charge in [-0.05, 0) is 114 Å². The molecule has 9 aromatic carbocycles. The third-order valence-corrected chi connectivity index (χ3v) is 12.0. The van der Waals surface area contributed by atoms with E-state index in [9.17, 15) is 0 Å². The smallest absolute Gasteiger partial charge is 0.132 e. The molecule has 0 saturated carbocycles. The molecule has 11 rings (SSSR count). The first-order chi connectivity index (χ1) is 29.2. The fraction of sp³-hybridized carbons (Fsp3) is 0.0351. The molecule has 278 valence electrons. The van der Waals surface area contributed by atoms with Crippen molar-refractivity contribution >= 4 is 6.21 Å². The van der Waals surface area contributed by atoms with Crippen LogP contribution in [0.1, 0.15) is 33.4 Å². The SMILES string of the molecule is C(=N\Cc1cccc(-c2cccc(-c3cccc(-c4ccc5c(c4)C4(c6ccccc6Oc6ccccc64)c4ccccc4-5)c3)c2)c1)/c1ccc(-c2ccccc2)cc1. The lowest BCUT2D eigenvalue weighted by atomic mass is 9.66. The minimum atomic E-state index is -0.493. The van der Waals surface area contributed by atoms with E-state index in [4.69, 9.17) is 9.73 Å². The molecule has 0 saturated heterocycles. The van der Waals surface area contributed by atoms with E-state index in [0.29, 0.717) is 6.54 Å². The molecule has 0 amide bonds. The Morgan fingerprint density at radius 1 is 0.356 bits per heavy atom. The Hall–Kier alpha value is -7.55. The van der Waals surface area contributed by atoms with Crippen molar-refractivity contribution in [2.75, 3.05) is 0 Å². The third-order valence-electron chi connectivity index (χ3n) is 12.0. The second-order valence-corrected chi connectivity index (χ2v) is 15.5. The second-order valence-electron chi connectivity index (χ2n) is 15.5. The molecule has 1 aliphatic carbocycles. The number of benzene rings is 9. The molecule has 0 aromatic heterocycles. The Balaban J connectivity index is 0.899. The lowest BCUT2D eigenvalue weighted by molar-refractivity contribution is 0.436. The maximum atomic E-state index is 6.56. The van der Waals surface area contributed by atoms with Crippen LogP contribution in [0.2, 0.25) is 0 Å². The molecule has 0 radical (unpaired) electrons. The van der Waals surface area contributed by atoms with E-state index in [2.05, 4.69) is 212 Å². The van der Waals surface area contributed by atoms with E-state index in [1.807, 2.05) is 12.3 Å². The number of rotatable bonds is 7. The van der Waals surface area contributed by atoms with Gasteiger partial charge in [0.05, 0.1) is 12.0 Å². The zero-order valence-corrected chi connectivity index (χ0v) is 32.4. The van der Waals surface area contributed by atoms with Crippen molar-refractivity contribution in [2.24, 2.45) is 4.99 Å². The van der Waals surface area contributed by atoms with Gasteiger partial charge in [-0.15, -0.1) is 0 Å². The van der Waals surface area contributed by atoms with Crippen molar-refractivity contribution in [3.05, 3.63) is 252 Å². The van der Waals surface area contributed by atoms with Gasteiger partial charge in [0.1, 0.15) is 11.5 Å². The van der Waals surface area contributed by atoms with E-state index in [-0.39, 0.29) is 0 Å². The monoisotopic (exact) mass is 753 g/mol. The fourth-order valence-electron chi connectivity index (χ4n) is 9.29. The summed E-state index contributed by atoms with van der Waals surface area (Å²) in [5.74, 6) is 1.81. The molecule has 1 spiro atoms. The molecule has 0 fully saturated rings. The molecule has 9 aromatic rings. The molecule has 1 aliphatic heterocycles. The second kappa shape index (κ2) is 14.4. The first-order valence-electron chi connectivity index (χ1n) is 20.3. The van der Waals surface area contributed by atoms with Gasteiger partial charge in [0.2, 0.25) is 0 Å². The molecule has 0 atom stereocenters. The normalized spacial score (nSPS) is 13.0. The van der Waals surface area contributed by atoms with Crippen molar-refractivity contribution < 1.29 is 4.74 Å². The Kier molecular flexibility index (Phi) is 8.48. The standard InChI is InChI=1S/C57H39NO/c1-2-14-41(15-3-1)42-29-27-39(28-30-42)37-58-38-40-13-10-16-43(33-40)44-17-11-18-45(34-44)46-19-12-20-47(35-46)48-31-32-50-49-21-4-5-22-51(49)57(54(50)36-48)52-23-6-8-25-55(52)59-56-26-9-7-24-53(56)57/h1-37H,38H2/b58-37+. The Bertz CT molecular complexity index is 3000. The molecule has 2 heteroatoms. The molecule has 0 unspecified atom stereocenters. The van der Waals surface area contributed by atoms with Gasteiger partial charge < -0.3 is 4.74 Å². The van der Waals surface area contributed by atoms with Gasteiger partial charge in [0.25, 0.3) is 0 Å². The molecule has 0 N–H and O–H groups in total. The fourth-order valence-corrected chi connectivity index (χ4v) is 9.29. The molecular weight excluding hydrogens is 715 g/mol. The number of aliphatic imine (C=N–C) groups is 1. The van der Waals surface area contributed by atoms with Crippen LogP contribution in [0, 0.1) is 0 Å². The largest absolute Gasteiger partial charge is 0.457 e. The average molecular weight is 754 g/mol. The quantitative estimate of drug-likeness (QED) is 0.149. The highest BCUT2D eigenvalue weighted by atomic mass is 16.5. The lowest BCUT2D eigenvalue weighted by Crippen LogP contribution is -2.32. The Morgan fingerprint density at radius 2 is 0.831 bits per heavy atom. The number of hydrogen-bond donors (Lipinski definition) is 0. The van der Waals surface area contributed by atoms with Crippen LogP contribution in [0.25, 0.3) is 55.6 Å². The van der Waals surface area contributed by atoms with Gasteiger partial charge in [-0.2, -0.15) is 0 Å². The minimum Gasteiger partial charge on any atom is -0.457 e. The van der Waals surface area contributed by atoms with Gasteiger partial charge in [-0.1, -0.05) is 182 Å². The van der Waals surface area contributed by atoms with Crippen LogP contribution in [0.4, 0.5) is 0 Å². The maximum Gasteiger partial charge on any atom is 0.132 e. The summed E-state index contributed by atoms with van der Waals surface area (Å²) in [5.41, 5.74) is 18.8. The summed E-state index contributed by atoms with van der Waals surface area (Å²) in [7, 11) is 0. The number of hydrogen-bond acceptors (Lipinski definition) is 2. The average Bonchev–Trinajstić information content (AvgIpc) is 3.59.